The number of hydrogen-bond acceptors (Lipinski definition) is 1. The van der Waals surface area contributed by atoms with E-state index >= 15 is 0 Å². The molecule has 0 fully saturated rings. The quantitative estimate of drug-likeness (QED) is 0.745. The zero-order chi connectivity index (χ0) is 10.7. The molecule has 0 bridgehead atoms. The zero-order valence-electron chi connectivity index (χ0n) is 9.27. The number of hydrogen-bond donors (Lipinski definition) is 0. The lowest BCUT2D eigenvalue weighted by Crippen LogP contribution is -2.03. The number of benzene rings is 1. The number of imidazole rings is 1. The first kappa shape index (κ1) is 9.97. The van der Waals surface area contributed by atoms with E-state index in [0.717, 1.165) is 18.8 Å². The molecular formula is C13H16N2. The maximum absolute atomic E-state index is 4.32. The molecule has 0 saturated carbocycles. The van der Waals surface area contributed by atoms with Crippen LogP contribution in [0.25, 0.3) is 0 Å². The lowest BCUT2D eigenvalue weighted by Gasteiger charge is -2.07. The third-order valence-electron chi connectivity index (χ3n) is 2.55. The average Bonchev–Trinajstić information content (AvgIpc) is 2.65. The van der Waals surface area contributed by atoms with Crippen LogP contribution >= 0.6 is 0 Å². The summed E-state index contributed by atoms with van der Waals surface area (Å²) in [6.45, 7) is 5.18. The molecule has 1 aromatic carbocycles. The molecular weight excluding hydrogens is 184 g/mol. The first-order valence-corrected chi connectivity index (χ1v) is 5.35. The molecule has 0 aliphatic heterocycles. The fourth-order valence-corrected chi connectivity index (χ4v) is 1.81. The number of aromatic nitrogens is 2. The summed E-state index contributed by atoms with van der Waals surface area (Å²) in [7, 11) is 0. The molecule has 0 aliphatic carbocycles. The van der Waals surface area contributed by atoms with Gasteiger partial charge in [-0.15, -0.1) is 0 Å². The second kappa shape index (κ2) is 4.30. The van der Waals surface area contributed by atoms with Crippen molar-refractivity contribution in [3.63, 3.8) is 0 Å². The van der Waals surface area contributed by atoms with Crippen LogP contribution in [0.15, 0.2) is 36.7 Å². The monoisotopic (exact) mass is 200 g/mol. The maximum Gasteiger partial charge on any atom is 0.108 e. The summed E-state index contributed by atoms with van der Waals surface area (Å²) in [6, 6.07) is 8.61. The van der Waals surface area contributed by atoms with Crippen LogP contribution in [-0.4, -0.2) is 9.55 Å². The average molecular weight is 200 g/mol. The summed E-state index contributed by atoms with van der Waals surface area (Å²) in [4.78, 5) is 4.32. The molecule has 0 aliphatic rings. The molecule has 0 N–H and O–H groups in total. The fraction of sp³-hybridized carbons (Fsp3) is 0.308. The SMILES string of the molecule is CCc1nccn1Cc1cccc(C)c1. The number of rotatable bonds is 3. The smallest absolute Gasteiger partial charge is 0.108 e. The van der Waals surface area contributed by atoms with E-state index in [9.17, 15) is 0 Å². The molecule has 15 heavy (non-hydrogen) atoms. The first-order valence-electron chi connectivity index (χ1n) is 5.35. The van der Waals surface area contributed by atoms with Gasteiger partial charge in [0.2, 0.25) is 0 Å². The van der Waals surface area contributed by atoms with Crippen LogP contribution in [0.3, 0.4) is 0 Å². The molecule has 0 unspecified atom stereocenters. The van der Waals surface area contributed by atoms with Crippen molar-refractivity contribution in [1.82, 2.24) is 9.55 Å². The van der Waals surface area contributed by atoms with Crippen molar-refractivity contribution >= 4 is 0 Å². The fourth-order valence-electron chi connectivity index (χ4n) is 1.81. The van der Waals surface area contributed by atoms with Gasteiger partial charge in [0.25, 0.3) is 0 Å². The number of nitrogens with zero attached hydrogens (tertiary/aromatic N) is 2. The standard InChI is InChI=1S/C13H16N2/c1-3-13-14-7-8-15(13)10-12-6-4-5-11(2)9-12/h4-9H,3,10H2,1-2H3. The summed E-state index contributed by atoms with van der Waals surface area (Å²) >= 11 is 0. The van der Waals surface area contributed by atoms with Crippen molar-refractivity contribution in [2.45, 2.75) is 26.8 Å². The molecule has 2 rings (SSSR count). The van der Waals surface area contributed by atoms with Gasteiger partial charge in [-0.05, 0) is 12.5 Å². The third-order valence-corrected chi connectivity index (χ3v) is 2.55. The molecule has 2 nitrogen and oxygen atoms in total. The zero-order valence-corrected chi connectivity index (χ0v) is 9.27. The van der Waals surface area contributed by atoms with E-state index in [0.29, 0.717) is 0 Å². The highest BCUT2D eigenvalue weighted by Gasteiger charge is 2.00. The van der Waals surface area contributed by atoms with E-state index in [1.165, 1.54) is 11.1 Å². The van der Waals surface area contributed by atoms with E-state index in [1.54, 1.807) is 0 Å². The van der Waals surface area contributed by atoms with Crippen molar-refractivity contribution in [3.05, 3.63) is 53.6 Å². The Morgan fingerprint density at radius 1 is 1.33 bits per heavy atom. The second-order valence-corrected chi connectivity index (χ2v) is 3.81. The lowest BCUT2D eigenvalue weighted by atomic mass is 10.1. The van der Waals surface area contributed by atoms with E-state index < -0.39 is 0 Å². The van der Waals surface area contributed by atoms with E-state index in [4.69, 9.17) is 0 Å². The largest absolute Gasteiger partial charge is 0.331 e. The highest BCUT2D eigenvalue weighted by Crippen LogP contribution is 2.08. The topological polar surface area (TPSA) is 17.8 Å². The minimum absolute atomic E-state index is 0.921. The predicted octanol–water partition coefficient (Wildman–Crippen LogP) is 2.80. The van der Waals surface area contributed by atoms with Crippen LogP contribution in [0.2, 0.25) is 0 Å². The van der Waals surface area contributed by atoms with E-state index in [1.807, 2.05) is 12.4 Å². The van der Waals surface area contributed by atoms with Crippen LogP contribution in [0.4, 0.5) is 0 Å². The Labute approximate surface area is 90.6 Å². The van der Waals surface area contributed by atoms with Gasteiger partial charge in [-0.25, -0.2) is 4.98 Å². The summed E-state index contributed by atoms with van der Waals surface area (Å²) in [5, 5.41) is 0. The van der Waals surface area contributed by atoms with Gasteiger partial charge in [0.1, 0.15) is 5.82 Å². The van der Waals surface area contributed by atoms with Crippen molar-refractivity contribution in [1.29, 1.82) is 0 Å². The first-order chi connectivity index (χ1) is 7.29. The van der Waals surface area contributed by atoms with Crippen LogP contribution in [0.5, 0.6) is 0 Å². The second-order valence-electron chi connectivity index (χ2n) is 3.81. The van der Waals surface area contributed by atoms with Crippen LogP contribution in [0.1, 0.15) is 23.9 Å². The molecule has 0 amide bonds. The normalized spacial score (nSPS) is 10.5. The summed E-state index contributed by atoms with van der Waals surface area (Å²) in [6.07, 6.45) is 4.90. The Bertz CT molecular complexity index is 443. The Morgan fingerprint density at radius 2 is 2.20 bits per heavy atom. The predicted molar refractivity (Wildman–Crippen MR) is 61.9 cm³/mol. The maximum atomic E-state index is 4.32. The Morgan fingerprint density at radius 3 is 2.93 bits per heavy atom. The Kier molecular flexibility index (Phi) is 2.86. The van der Waals surface area contributed by atoms with Crippen molar-refractivity contribution in [3.8, 4) is 0 Å². The van der Waals surface area contributed by atoms with E-state index in [2.05, 4.69) is 47.7 Å². The van der Waals surface area contributed by atoms with Gasteiger partial charge in [-0.1, -0.05) is 36.8 Å². The summed E-state index contributed by atoms with van der Waals surface area (Å²) in [5.41, 5.74) is 2.65. The molecule has 1 aromatic heterocycles. The van der Waals surface area contributed by atoms with Crippen LogP contribution < -0.4 is 0 Å². The summed E-state index contributed by atoms with van der Waals surface area (Å²) in [5.74, 6) is 1.15. The molecule has 0 atom stereocenters. The van der Waals surface area contributed by atoms with Gasteiger partial charge < -0.3 is 4.57 Å². The van der Waals surface area contributed by atoms with Crippen molar-refractivity contribution in [2.75, 3.05) is 0 Å². The Balaban J connectivity index is 2.22. The summed E-state index contributed by atoms with van der Waals surface area (Å²) < 4.78 is 2.20. The minimum Gasteiger partial charge on any atom is -0.331 e. The minimum atomic E-state index is 0.921. The molecule has 78 valence electrons. The Hall–Kier alpha value is -1.57. The van der Waals surface area contributed by atoms with E-state index in [-0.39, 0.29) is 0 Å². The van der Waals surface area contributed by atoms with Gasteiger partial charge in [0.15, 0.2) is 0 Å². The van der Waals surface area contributed by atoms with Gasteiger partial charge in [0.05, 0.1) is 0 Å². The van der Waals surface area contributed by atoms with Gasteiger partial charge in [-0.3, -0.25) is 0 Å². The third kappa shape index (κ3) is 2.27. The molecule has 2 heteroatoms. The number of aryl methyl sites for hydroxylation is 2. The van der Waals surface area contributed by atoms with Gasteiger partial charge >= 0.3 is 0 Å². The van der Waals surface area contributed by atoms with Crippen LogP contribution in [0, 0.1) is 6.92 Å². The highest BCUT2D eigenvalue weighted by molar-refractivity contribution is 5.22. The molecule has 0 radical (unpaired) electrons. The lowest BCUT2D eigenvalue weighted by molar-refractivity contribution is 0.732. The van der Waals surface area contributed by atoms with Gasteiger partial charge in [-0.2, -0.15) is 0 Å². The van der Waals surface area contributed by atoms with Crippen molar-refractivity contribution in [2.24, 2.45) is 0 Å². The van der Waals surface area contributed by atoms with Gasteiger partial charge in [0, 0.05) is 25.4 Å². The highest BCUT2D eigenvalue weighted by atomic mass is 15.1. The molecule has 0 saturated heterocycles. The molecule has 1 heterocycles. The molecule has 2 aromatic rings. The van der Waals surface area contributed by atoms with Crippen LogP contribution in [-0.2, 0) is 13.0 Å². The molecule has 0 spiro atoms. The van der Waals surface area contributed by atoms with Crippen molar-refractivity contribution < 1.29 is 0 Å².